The van der Waals surface area contributed by atoms with E-state index in [9.17, 15) is 9.18 Å². The van der Waals surface area contributed by atoms with E-state index in [1.165, 1.54) is 12.1 Å². The van der Waals surface area contributed by atoms with Crippen molar-refractivity contribution in [2.75, 3.05) is 0 Å². The Kier molecular flexibility index (Phi) is 2.33. The number of furan rings is 1. The lowest BCUT2D eigenvalue weighted by molar-refractivity contribution is 0.112. The molecule has 2 aromatic heterocycles. The lowest BCUT2D eigenvalue weighted by atomic mass is 10.2. The maximum Gasteiger partial charge on any atom is 0.153 e. The molecular weight excluding hydrogens is 197 g/mol. The predicted octanol–water partition coefficient (Wildman–Crippen LogP) is 2.60. The van der Waals surface area contributed by atoms with Gasteiger partial charge < -0.3 is 4.42 Å². The van der Waals surface area contributed by atoms with Crippen molar-refractivity contribution in [2.24, 2.45) is 0 Å². The van der Waals surface area contributed by atoms with Crippen molar-refractivity contribution in [3.63, 3.8) is 0 Å². The first-order chi connectivity index (χ1) is 7.20. The first-order valence-corrected chi connectivity index (χ1v) is 4.38. The van der Waals surface area contributed by atoms with Crippen LogP contribution in [0.1, 0.15) is 16.1 Å². The summed E-state index contributed by atoms with van der Waals surface area (Å²) >= 11 is 0. The Bertz CT molecular complexity index is 488. The average molecular weight is 205 g/mol. The van der Waals surface area contributed by atoms with Crippen LogP contribution < -0.4 is 0 Å². The average Bonchev–Trinajstić information content (AvgIpc) is 2.61. The van der Waals surface area contributed by atoms with E-state index in [1.807, 2.05) is 0 Å². The third-order valence-corrected chi connectivity index (χ3v) is 2.06. The number of aromatic nitrogens is 1. The quantitative estimate of drug-likeness (QED) is 0.708. The Morgan fingerprint density at radius 1 is 1.47 bits per heavy atom. The van der Waals surface area contributed by atoms with Crippen LogP contribution in [0.2, 0.25) is 0 Å². The van der Waals surface area contributed by atoms with E-state index in [1.54, 1.807) is 13.0 Å². The van der Waals surface area contributed by atoms with Crippen molar-refractivity contribution in [2.45, 2.75) is 6.92 Å². The predicted molar refractivity (Wildman–Crippen MR) is 52.0 cm³/mol. The Morgan fingerprint density at radius 3 is 2.80 bits per heavy atom. The number of hydrogen-bond acceptors (Lipinski definition) is 3. The SMILES string of the molecule is Cc1oc(-c2ccc(F)cn2)cc1C=O. The molecule has 0 N–H and O–H groups in total. The number of nitrogens with zero attached hydrogens (tertiary/aromatic N) is 1. The van der Waals surface area contributed by atoms with E-state index in [0.29, 0.717) is 29.1 Å². The summed E-state index contributed by atoms with van der Waals surface area (Å²) in [6.45, 7) is 1.69. The van der Waals surface area contributed by atoms with Crippen LogP contribution in [0.15, 0.2) is 28.8 Å². The number of carbonyl (C=O) groups is 1. The highest BCUT2D eigenvalue weighted by Crippen LogP contribution is 2.22. The minimum absolute atomic E-state index is 0.405. The highest BCUT2D eigenvalue weighted by molar-refractivity contribution is 5.78. The van der Waals surface area contributed by atoms with Crippen LogP contribution in [0.3, 0.4) is 0 Å². The number of pyridine rings is 1. The fourth-order valence-electron chi connectivity index (χ4n) is 1.26. The summed E-state index contributed by atoms with van der Waals surface area (Å²) in [5.74, 6) is 0.596. The van der Waals surface area contributed by atoms with E-state index < -0.39 is 5.82 Å². The fraction of sp³-hybridized carbons (Fsp3) is 0.0909. The maximum atomic E-state index is 12.6. The van der Waals surface area contributed by atoms with Gasteiger partial charge in [-0.2, -0.15) is 0 Å². The third-order valence-electron chi connectivity index (χ3n) is 2.06. The molecule has 0 amide bonds. The van der Waals surface area contributed by atoms with Gasteiger partial charge in [-0.3, -0.25) is 4.79 Å². The molecule has 0 aliphatic carbocycles. The van der Waals surface area contributed by atoms with Crippen molar-refractivity contribution >= 4 is 6.29 Å². The molecule has 0 fully saturated rings. The lowest BCUT2D eigenvalue weighted by Gasteiger charge is -1.94. The van der Waals surface area contributed by atoms with E-state index in [4.69, 9.17) is 4.42 Å². The number of halogens is 1. The van der Waals surface area contributed by atoms with Gasteiger partial charge in [0.1, 0.15) is 17.3 Å². The fourth-order valence-corrected chi connectivity index (χ4v) is 1.26. The minimum Gasteiger partial charge on any atom is -0.459 e. The summed E-state index contributed by atoms with van der Waals surface area (Å²) in [5, 5.41) is 0. The summed E-state index contributed by atoms with van der Waals surface area (Å²) < 4.78 is 17.9. The van der Waals surface area contributed by atoms with E-state index in [2.05, 4.69) is 4.98 Å². The number of hydrogen-bond donors (Lipinski definition) is 0. The highest BCUT2D eigenvalue weighted by Gasteiger charge is 2.09. The number of aryl methyl sites for hydroxylation is 1. The molecule has 0 unspecified atom stereocenters. The van der Waals surface area contributed by atoms with E-state index in [-0.39, 0.29) is 0 Å². The van der Waals surface area contributed by atoms with Crippen LogP contribution in [0.4, 0.5) is 4.39 Å². The molecule has 3 nitrogen and oxygen atoms in total. The Morgan fingerprint density at radius 2 is 2.27 bits per heavy atom. The van der Waals surface area contributed by atoms with Gasteiger partial charge in [0.15, 0.2) is 12.0 Å². The van der Waals surface area contributed by atoms with Crippen LogP contribution in [-0.4, -0.2) is 11.3 Å². The van der Waals surface area contributed by atoms with Crippen molar-refractivity contribution in [1.29, 1.82) is 0 Å². The van der Waals surface area contributed by atoms with Gasteiger partial charge in [-0.15, -0.1) is 0 Å². The van der Waals surface area contributed by atoms with Gasteiger partial charge in [-0.05, 0) is 25.1 Å². The molecule has 2 rings (SSSR count). The van der Waals surface area contributed by atoms with Gasteiger partial charge in [0.2, 0.25) is 0 Å². The normalized spacial score (nSPS) is 10.3. The molecule has 0 spiro atoms. The van der Waals surface area contributed by atoms with Crippen molar-refractivity contribution in [3.8, 4) is 11.5 Å². The maximum absolute atomic E-state index is 12.6. The van der Waals surface area contributed by atoms with E-state index >= 15 is 0 Å². The third kappa shape index (κ3) is 1.79. The molecule has 2 aromatic rings. The largest absolute Gasteiger partial charge is 0.459 e. The van der Waals surface area contributed by atoms with Crippen LogP contribution in [-0.2, 0) is 0 Å². The van der Waals surface area contributed by atoms with Gasteiger partial charge >= 0.3 is 0 Å². The Hall–Kier alpha value is -1.97. The zero-order chi connectivity index (χ0) is 10.8. The summed E-state index contributed by atoms with van der Waals surface area (Å²) in [4.78, 5) is 14.4. The highest BCUT2D eigenvalue weighted by atomic mass is 19.1. The number of rotatable bonds is 2. The van der Waals surface area contributed by atoms with Gasteiger partial charge in [0.05, 0.1) is 11.8 Å². The van der Waals surface area contributed by atoms with Crippen LogP contribution in [0.25, 0.3) is 11.5 Å². The molecule has 4 heteroatoms. The molecule has 15 heavy (non-hydrogen) atoms. The zero-order valence-electron chi connectivity index (χ0n) is 8.03. The van der Waals surface area contributed by atoms with Gasteiger partial charge in [-0.25, -0.2) is 9.37 Å². The molecule has 0 aromatic carbocycles. The van der Waals surface area contributed by atoms with Crippen molar-refractivity contribution < 1.29 is 13.6 Å². The smallest absolute Gasteiger partial charge is 0.153 e. The second-order valence-corrected chi connectivity index (χ2v) is 3.10. The summed E-state index contributed by atoms with van der Waals surface area (Å²) in [6, 6.07) is 4.38. The Labute approximate surface area is 85.6 Å². The first kappa shape index (κ1) is 9.58. The summed E-state index contributed by atoms with van der Waals surface area (Å²) in [6.07, 6.45) is 1.82. The molecule has 0 atom stereocenters. The van der Waals surface area contributed by atoms with E-state index in [0.717, 1.165) is 6.20 Å². The summed E-state index contributed by atoms with van der Waals surface area (Å²) in [7, 11) is 0. The molecule has 76 valence electrons. The molecular formula is C11H8FNO2. The molecule has 0 saturated carbocycles. The van der Waals surface area contributed by atoms with Crippen molar-refractivity contribution in [1.82, 2.24) is 4.98 Å². The second-order valence-electron chi connectivity index (χ2n) is 3.10. The van der Waals surface area contributed by atoms with Gasteiger partial charge in [-0.1, -0.05) is 0 Å². The lowest BCUT2D eigenvalue weighted by Crippen LogP contribution is -1.81. The Balaban J connectivity index is 2.45. The topological polar surface area (TPSA) is 43.1 Å². The monoisotopic (exact) mass is 205 g/mol. The molecule has 0 saturated heterocycles. The first-order valence-electron chi connectivity index (χ1n) is 4.38. The summed E-state index contributed by atoms with van der Waals surface area (Å²) in [5.41, 5.74) is 0.990. The molecule has 0 radical (unpaired) electrons. The zero-order valence-corrected chi connectivity index (χ0v) is 8.03. The number of carbonyl (C=O) groups excluding carboxylic acids is 1. The van der Waals surface area contributed by atoms with Crippen LogP contribution in [0.5, 0.6) is 0 Å². The van der Waals surface area contributed by atoms with Gasteiger partial charge in [0, 0.05) is 0 Å². The molecule has 0 bridgehead atoms. The van der Waals surface area contributed by atoms with Crippen LogP contribution >= 0.6 is 0 Å². The molecule has 0 aliphatic rings. The standard InChI is InChI=1S/C11H8FNO2/c1-7-8(6-14)4-11(15-7)10-3-2-9(12)5-13-10/h2-6H,1H3. The van der Waals surface area contributed by atoms with Crippen molar-refractivity contribution in [3.05, 3.63) is 41.5 Å². The second kappa shape index (κ2) is 3.65. The number of aldehydes is 1. The van der Waals surface area contributed by atoms with Crippen LogP contribution in [0, 0.1) is 12.7 Å². The van der Waals surface area contributed by atoms with Gasteiger partial charge in [0.25, 0.3) is 0 Å². The minimum atomic E-state index is -0.405. The molecule has 2 heterocycles. The molecule has 0 aliphatic heterocycles.